The molecule has 2 aliphatic heterocycles. The van der Waals surface area contributed by atoms with Crippen LogP contribution in [0.25, 0.3) is 0 Å². The zero-order chi connectivity index (χ0) is 45.4. The molecule has 2 heterocycles. The number of ether oxygens (including phenoxy) is 4. The number of anilines is 1. The number of nitro groups is 1. The quantitative estimate of drug-likeness (QED) is 0.173. The van der Waals surface area contributed by atoms with Gasteiger partial charge in [-0.25, -0.2) is 9.59 Å². The van der Waals surface area contributed by atoms with Crippen molar-refractivity contribution < 1.29 is 43.0 Å². The SMILES string of the molecule is CC(C)N1C[C@@H](C)[C@H](CN(C)C(=O)OC(C)(C)C)Oc2ccc(N)cc2CC1=O.CC(C)N1C[C@@H](C)[C@H](CN(C)C(=O)OC(C)(C)C)Oc2ccc([N+](=O)[O-])cc2CC1=O. The molecular formula is C44H68N6O10. The zero-order valence-electron chi connectivity index (χ0n) is 38.1. The maximum atomic E-state index is 13.0. The third-order valence-electron chi connectivity index (χ3n) is 10.0. The Hall–Kier alpha value is -5.28. The summed E-state index contributed by atoms with van der Waals surface area (Å²) in [7, 11) is 3.34. The highest BCUT2D eigenvalue weighted by Gasteiger charge is 2.34. The van der Waals surface area contributed by atoms with Crippen molar-refractivity contribution in [2.24, 2.45) is 11.8 Å². The van der Waals surface area contributed by atoms with Crippen LogP contribution in [-0.2, 0) is 31.9 Å². The number of nitrogens with two attached hydrogens (primary N) is 1. The van der Waals surface area contributed by atoms with Crippen LogP contribution in [0.5, 0.6) is 11.5 Å². The van der Waals surface area contributed by atoms with Crippen LogP contribution >= 0.6 is 0 Å². The summed E-state index contributed by atoms with van der Waals surface area (Å²) in [5, 5.41) is 11.2. The van der Waals surface area contributed by atoms with Gasteiger partial charge in [0.1, 0.15) is 34.9 Å². The molecule has 0 aliphatic carbocycles. The Kier molecular flexibility index (Phi) is 16.6. The molecule has 0 saturated heterocycles. The van der Waals surface area contributed by atoms with Gasteiger partial charge < -0.3 is 44.3 Å². The fourth-order valence-electron chi connectivity index (χ4n) is 6.73. The van der Waals surface area contributed by atoms with Crippen molar-refractivity contribution in [3.8, 4) is 11.5 Å². The number of fused-ring (bicyclic) bond motifs is 2. The van der Waals surface area contributed by atoms with Crippen LogP contribution in [0.15, 0.2) is 36.4 Å². The molecular weight excluding hydrogens is 773 g/mol. The molecule has 0 spiro atoms. The van der Waals surface area contributed by atoms with Crippen LogP contribution in [0.4, 0.5) is 21.0 Å². The van der Waals surface area contributed by atoms with Crippen LogP contribution < -0.4 is 15.2 Å². The topological polar surface area (TPSA) is 187 Å². The van der Waals surface area contributed by atoms with E-state index in [0.29, 0.717) is 42.4 Å². The van der Waals surface area contributed by atoms with E-state index in [1.54, 1.807) is 58.0 Å². The van der Waals surface area contributed by atoms with Crippen LogP contribution in [-0.4, -0.2) is 124 Å². The monoisotopic (exact) mass is 840 g/mol. The molecule has 2 aromatic rings. The predicted molar refractivity (Wildman–Crippen MR) is 230 cm³/mol. The summed E-state index contributed by atoms with van der Waals surface area (Å²) in [6.45, 7) is 24.4. The molecule has 2 N–H and O–H groups in total. The van der Waals surface area contributed by atoms with Crippen molar-refractivity contribution >= 4 is 35.4 Å². The van der Waals surface area contributed by atoms with Crippen molar-refractivity contribution in [2.75, 3.05) is 46.0 Å². The number of amides is 4. The first-order valence-corrected chi connectivity index (χ1v) is 20.6. The van der Waals surface area contributed by atoms with E-state index in [1.807, 2.05) is 67.2 Å². The van der Waals surface area contributed by atoms with E-state index >= 15 is 0 Å². The third kappa shape index (κ3) is 14.5. The maximum absolute atomic E-state index is 13.0. The van der Waals surface area contributed by atoms with Gasteiger partial charge in [-0.3, -0.25) is 19.7 Å². The van der Waals surface area contributed by atoms with Gasteiger partial charge in [-0.05, 0) is 93.5 Å². The van der Waals surface area contributed by atoms with E-state index in [4.69, 9.17) is 24.7 Å². The highest BCUT2D eigenvalue weighted by atomic mass is 16.6. The summed E-state index contributed by atoms with van der Waals surface area (Å²) in [5.74, 6) is 0.885. The summed E-state index contributed by atoms with van der Waals surface area (Å²) in [6.07, 6.45) is -1.37. The van der Waals surface area contributed by atoms with Gasteiger partial charge >= 0.3 is 12.2 Å². The third-order valence-corrected chi connectivity index (χ3v) is 10.0. The van der Waals surface area contributed by atoms with Gasteiger partial charge in [0, 0.05) is 80.1 Å². The molecule has 0 bridgehead atoms. The first kappa shape index (κ1) is 49.1. The number of carbonyl (C=O) groups excluding carboxylic acids is 4. The number of hydrogen-bond acceptors (Lipinski definition) is 11. The largest absolute Gasteiger partial charge is 0.488 e. The summed E-state index contributed by atoms with van der Waals surface area (Å²) < 4.78 is 23.5. The number of rotatable bonds is 7. The number of benzene rings is 2. The summed E-state index contributed by atoms with van der Waals surface area (Å²) >= 11 is 0. The summed E-state index contributed by atoms with van der Waals surface area (Å²) in [4.78, 5) is 68.1. The second-order valence-electron chi connectivity index (χ2n) is 18.5. The van der Waals surface area contributed by atoms with Crippen LogP contribution in [0, 0.1) is 22.0 Å². The lowest BCUT2D eigenvalue weighted by atomic mass is 10.0. The zero-order valence-corrected chi connectivity index (χ0v) is 38.1. The minimum absolute atomic E-state index is 0.00902. The molecule has 2 aliphatic rings. The average molecular weight is 841 g/mol. The Morgan fingerprint density at radius 2 is 1.15 bits per heavy atom. The molecule has 4 amide bonds. The van der Waals surface area contributed by atoms with E-state index < -0.39 is 34.4 Å². The first-order chi connectivity index (χ1) is 27.6. The van der Waals surface area contributed by atoms with Crippen LogP contribution in [0.1, 0.15) is 94.2 Å². The van der Waals surface area contributed by atoms with E-state index in [9.17, 15) is 29.3 Å². The molecule has 334 valence electrons. The standard InChI is InChI=1S/C22H33N3O6.C22H35N3O4/c1-14(2)24-12-15(3)19(13-23(7)21(27)31-22(4,5)6)30-18-9-8-17(25(28)29)10-16(18)11-20(24)26;1-14(2)25-12-15(3)19(13-24(7)21(27)29-22(4,5)6)28-18-9-8-17(23)10-16(18)11-20(25)26/h8-10,14-15,19H,11-13H2,1-7H3;8-10,14-15,19H,11-13,23H2,1-7H3/t2*15-,19+/m11/s1. The van der Waals surface area contributed by atoms with Crippen molar-refractivity contribution in [1.29, 1.82) is 0 Å². The van der Waals surface area contributed by atoms with E-state index in [1.165, 1.54) is 28.0 Å². The van der Waals surface area contributed by atoms with Crippen LogP contribution in [0.3, 0.4) is 0 Å². The molecule has 0 fully saturated rings. The van der Waals surface area contributed by atoms with Gasteiger partial charge in [0.05, 0.1) is 30.9 Å². The minimum Gasteiger partial charge on any atom is -0.488 e. The second kappa shape index (κ2) is 20.3. The van der Waals surface area contributed by atoms with Gasteiger partial charge in [0.15, 0.2) is 0 Å². The second-order valence-corrected chi connectivity index (χ2v) is 18.5. The lowest BCUT2D eigenvalue weighted by Gasteiger charge is -2.34. The fraction of sp³-hybridized carbons (Fsp3) is 0.636. The smallest absolute Gasteiger partial charge is 0.410 e. The Labute approximate surface area is 355 Å². The van der Waals surface area contributed by atoms with Gasteiger partial charge in [-0.2, -0.15) is 0 Å². The predicted octanol–water partition coefficient (Wildman–Crippen LogP) is 6.95. The lowest BCUT2D eigenvalue weighted by Crippen LogP contribution is -2.47. The molecule has 0 unspecified atom stereocenters. The Morgan fingerprint density at radius 1 is 0.767 bits per heavy atom. The maximum Gasteiger partial charge on any atom is 0.410 e. The fourth-order valence-corrected chi connectivity index (χ4v) is 6.73. The van der Waals surface area contributed by atoms with Crippen molar-refractivity contribution in [2.45, 2.75) is 131 Å². The molecule has 16 heteroatoms. The molecule has 0 saturated carbocycles. The number of nitrogen functional groups attached to an aromatic ring is 1. The van der Waals surface area contributed by atoms with E-state index in [-0.39, 0.29) is 66.9 Å². The molecule has 0 radical (unpaired) electrons. The van der Waals surface area contributed by atoms with Gasteiger partial charge in [-0.15, -0.1) is 0 Å². The molecule has 16 nitrogen and oxygen atoms in total. The minimum atomic E-state index is -0.622. The van der Waals surface area contributed by atoms with Crippen molar-refractivity contribution in [1.82, 2.24) is 19.6 Å². The molecule has 4 atom stereocenters. The number of likely N-dealkylation sites (N-methyl/N-ethyl adjacent to an activating group) is 2. The molecule has 0 aromatic heterocycles. The highest BCUT2D eigenvalue weighted by Crippen LogP contribution is 2.31. The van der Waals surface area contributed by atoms with Crippen molar-refractivity contribution in [3.63, 3.8) is 0 Å². The number of nitro benzene ring substituents is 1. The van der Waals surface area contributed by atoms with E-state index in [2.05, 4.69) is 0 Å². The number of non-ortho nitro benzene ring substituents is 1. The Morgan fingerprint density at radius 3 is 1.52 bits per heavy atom. The molecule has 2 aromatic carbocycles. The lowest BCUT2D eigenvalue weighted by molar-refractivity contribution is -0.384. The molecule has 4 rings (SSSR count). The van der Waals surface area contributed by atoms with Gasteiger partial charge in [0.25, 0.3) is 5.69 Å². The molecule has 60 heavy (non-hydrogen) atoms. The van der Waals surface area contributed by atoms with Gasteiger partial charge in [0.2, 0.25) is 11.8 Å². The Bertz CT molecular complexity index is 1840. The van der Waals surface area contributed by atoms with Crippen LogP contribution in [0.2, 0.25) is 0 Å². The number of hydrogen-bond donors (Lipinski definition) is 1. The first-order valence-electron chi connectivity index (χ1n) is 20.6. The summed E-state index contributed by atoms with van der Waals surface area (Å²) in [6, 6.07) is 9.65. The number of carbonyl (C=O) groups is 4. The Balaban J connectivity index is 0.000000321. The van der Waals surface area contributed by atoms with Gasteiger partial charge in [-0.1, -0.05) is 13.8 Å². The average Bonchev–Trinajstić information content (AvgIpc) is 3.19. The highest BCUT2D eigenvalue weighted by molar-refractivity contribution is 5.81. The normalized spacial score (nSPS) is 19.9. The van der Waals surface area contributed by atoms with Crippen molar-refractivity contribution in [3.05, 3.63) is 57.6 Å². The number of nitrogens with zero attached hydrogens (tertiary/aromatic N) is 5. The summed E-state index contributed by atoms with van der Waals surface area (Å²) in [5.41, 5.74) is 6.47. The van der Waals surface area contributed by atoms with E-state index in [0.717, 1.165) is 5.56 Å².